The van der Waals surface area contributed by atoms with E-state index in [4.69, 9.17) is 9.47 Å². The molecule has 0 saturated carbocycles. The average Bonchev–Trinajstić information content (AvgIpc) is 3.61. The summed E-state index contributed by atoms with van der Waals surface area (Å²) in [4.78, 5) is 29.5. The molecule has 1 saturated heterocycles. The van der Waals surface area contributed by atoms with Gasteiger partial charge in [0, 0.05) is 43.8 Å². The van der Waals surface area contributed by atoms with Crippen LogP contribution in [0.1, 0.15) is 41.8 Å². The number of methoxy groups -OCH3 is 1. The predicted octanol–water partition coefficient (Wildman–Crippen LogP) is 3.13. The maximum absolute atomic E-state index is 13.8. The largest absolute Gasteiger partial charge is 0.550 e. The van der Waals surface area contributed by atoms with Crippen molar-refractivity contribution in [2.45, 2.75) is 45.1 Å². The number of nitrogens with one attached hydrogen (secondary N) is 1. The van der Waals surface area contributed by atoms with Crippen molar-refractivity contribution < 1.29 is 37.4 Å². The minimum atomic E-state index is -1.40. The zero-order valence-corrected chi connectivity index (χ0v) is 23.5. The maximum atomic E-state index is 13.8. The maximum Gasteiger partial charge on any atom is 0.227 e. The number of carbonyl (C=O) groups is 2. The number of aromatic nitrogens is 1. The monoisotopic (exact) mass is 573 g/mol. The number of ether oxygens (including phenoxy) is 2. The number of carbonyl (C=O) groups excluding carboxylic acids is 2. The minimum absolute atomic E-state index is 0.0187. The molecule has 1 amide bonds. The molecule has 40 heavy (non-hydrogen) atoms. The summed E-state index contributed by atoms with van der Waals surface area (Å²) in [7, 11) is 3.88. The molecular weight excluding hydrogens is 540 g/mol. The quantitative estimate of drug-likeness (QED) is 0.280. The van der Waals surface area contributed by atoms with Gasteiger partial charge in [-0.05, 0) is 36.1 Å². The lowest BCUT2D eigenvalue weighted by Crippen LogP contribution is -2.45. The molecule has 1 aromatic heterocycles. The molecule has 11 heteroatoms. The van der Waals surface area contributed by atoms with Crippen LogP contribution in [0.2, 0.25) is 0 Å². The van der Waals surface area contributed by atoms with Gasteiger partial charge in [0.05, 0.1) is 62.6 Å². The van der Waals surface area contributed by atoms with Gasteiger partial charge < -0.3 is 29.2 Å². The van der Waals surface area contributed by atoms with Gasteiger partial charge in [0.1, 0.15) is 5.01 Å². The minimum Gasteiger partial charge on any atom is -0.550 e. The number of carboxylic acid groups (broad SMARTS) is 1. The first-order valence-corrected chi connectivity index (χ1v) is 14.3. The third-order valence-corrected chi connectivity index (χ3v) is 9.15. The van der Waals surface area contributed by atoms with Crippen LogP contribution in [0.4, 0.5) is 8.78 Å². The number of halogens is 2. The Labute approximate surface area is 235 Å². The standard InChI is InChI=1S/C29H33F2N3O5S/c1-34(6-3-4-7-34)8-5-9-39-24-12-22-25(13-23(24)38-2)40-26(33-22)17-32-28(37)29(16-27(35)36)14-18-10-20(30)21(31)11-19(18)15-29/h10-13H,3-9,14-17H2,1-2H3,(H-,32,35,36,37). The first-order chi connectivity index (χ1) is 19.1. The van der Waals surface area contributed by atoms with Gasteiger partial charge in [-0.1, -0.05) is 0 Å². The zero-order valence-electron chi connectivity index (χ0n) is 22.7. The van der Waals surface area contributed by atoms with Gasteiger partial charge in [0.2, 0.25) is 5.91 Å². The van der Waals surface area contributed by atoms with Gasteiger partial charge in [-0.15, -0.1) is 11.3 Å². The van der Waals surface area contributed by atoms with Crippen LogP contribution < -0.4 is 19.9 Å². The normalized spacial score (nSPS) is 17.1. The van der Waals surface area contributed by atoms with Crippen LogP contribution in [0, 0.1) is 17.0 Å². The summed E-state index contributed by atoms with van der Waals surface area (Å²) in [6.45, 7) is 4.14. The van der Waals surface area contributed by atoms with Crippen molar-refractivity contribution in [3.8, 4) is 11.5 Å². The van der Waals surface area contributed by atoms with Crippen LogP contribution in [-0.2, 0) is 29.0 Å². The van der Waals surface area contributed by atoms with E-state index in [0.717, 1.165) is 34.3 Å². The van der Waals surface area contributed by atoms with E-state index in [1.165, 1.54) is 37.3 Å². The number of fused-ring (bicyclic) bond motifs is 2. The summed E-state index contributed by atoms with van der Waals surface area (Å²) < 4.78 is 41.1. The Morgan fingerprint density at radius 3 is 2.40 bits per heavy atom. The van der Waals surface area contributed by atoms with E-state index in [0.29, 0.717) is 39.8 Å². The molecule has 0 atom stereocenters. The first-order valence-electron chi connectivity index (χ1n) is 13.5. The highest BCUT2D eigenvalue weighted by atomic mass is 32.1. The van der Waals surface area contributed by atoms with Gasteiger partial charge >= 0.3 is 0 Å². The van der Waals surface area contributed by atoms with E-state index >= 15 is 0 Å². The summed E-state index contributed by atoms with van der Waals surface area (Å²) in [5, 5.41) is 14.9. The van der Waals surface area contributed by atoms with Gasteiger partial charge in [0.25, 0.3) is 0 Å². The molecule has 2 heterocycles. The molecule has 1 aliphatic heterocycles. The number of quaternary nitrogens is 1. The second-order valence-corrected chi connectivity index (χ2v) is 12.3. The zero-order chi connectivity index (χ0) is 28.5. The fourth-order valence-electron chi connectivity index (χ4n) is 6.02. The Morgan fingerprint density at radius 2 is 1.77 bits per heavy atom. The molecule has 5 rings (SSSR count). The number of benzene rings is 2. The average molecular weight is 574 g/mol. The second kappa shape index (κ2) is 11.3. The Kier molecular flexibility index (Phi) is 7.96. The summed E-state index contributed by atoms with van der Waals surface area (Å²) in [5.41, 5.74) is 0.154. The smallest absolute Gasteiger partial charge is 0.227 e. The van der Waals surface area contributed by atoms with Crippen molar-refractivity contribution in [3.63, 3.8) is 0 Å². The summed E-state index contributed by atoms with van der Waals surface area (Å²) in [6, 6.07) is 5.75. The van der Waals surface area contributed by atoms with Crippen molar-refractivity contribution in [2.75, 3.05) is 40.4 Å². The highest BCUT2D eigenvalue weighted by Crippen LogP contribution is 2.41. The molecule has 1 N–H and O–H groups in total. The third kappa shape index (κ3) is 5.90. The lowest BCUT2D eigenvalue weighted by atomic mass is 9.80. The summed E-state index contributed by atoms with van der Waals surface area (Å²) >= 11 is 1.38. The number of likely N-dealkylation sites (tertiary alicyclic amines) is 1. The Balaban J connectivity index is 1.25. The van der Waals surface area contributed by atoms with Crippen LogP contribution in [-0.4, -0.2) is 61.7 Å². The van der Waals surface area contributed by atoms with Gasteiger partial charge in [-0.2, -0.15) is 0 Å². The van der Waals surface area contributed by atoms with E-state index in [-0.39, 0.29) is 19.4 Å². The number of nitrogens with zero attached hydrogens (tertiary/aromatic N) is 2. The highest BCUT2D eigenvalue weighted by molar-refractivity contribution is 7.18. The number of thiazole rings is 1. The fourth-order valence-corrected chi connectivity index (χ4v) is 6.94. The van der Waals surface area contributed by atoms with E-state index in [1.54, 1.807) is 7.11 Å². The number of aliphatic carboxylic acids is 1. The van der Waals surface area contributed by atoms with Crippen molar-refractivity contribution in [1.29, 1.82) is 0 Å². The number of carboxylic acids is 1. The highest BCUT2D eigenvalue weighted by Gasteiger charge is 2.44. The molecule has 3 aromatic rings. The molecule has 8 nitrogen and oxygen atoms in total. The summed E-state index contributed by atoms with van der Waals surface area (Å²) in [6.07, 6.45) is 2.89. The first kappa shape index (κ1) is 28.2. The molecule has 0 radical (unpaired) electrons. The van der Waals surface area contributed by atoms with E-state index < -0.39 is 35.3 Å². The Morgan fingerprint density at radius 1 is 1.10 bits per heavy atom. The molecule has 214 valence electrons. The lowest BCUT2D eigenvalue weighted by molar-refractivity contribution is -0.897. The molecule has 0 bridgehead atoms. The van der Waals surface area contributed by atoms with Crippen LogP contribution in [0.5, 0.6) is 11.5 Å². The Hall–Kier alpha value is -3.31. The number of hydrogen-bond acceptors (Lipinski definition) is 7. The molecule has 1 fully saturated rings. The van der Waals surface area contributed by atoms with Crippen molar-refractivity contribution in [3.05, 3.63) is 52.0 Å². The van der Waals surface area contributed by atoms with Gasteiger partial charge in [-0.25, -0.2) is 13.8 Å². The molecule has 1 aliphatic carbocycles. The van der Waals surface area contributed by atoms with E-state index in [2.05, 4.69) is 17.3 Å². The second-order valence-electron chi connectivity index (χ2n) is 11.2. The number of amides is 1. The Bertz CT molecular complexity index is 1410. The molecule has 0 unspecified atom stereocenters. The topological polar surface area (TPSA) is 101 Å². The molecule has 2 aromatic carbocycles. The lowest BCUT2D eigenvalue weighted by Gasteiger charge is -2.29. The van der Waals surface area contributed by atoms with Crippen molar-refractivity contribution in [2.24, 2.45) is 5.41 Å². The van der Waals surface area contributed by atoms with Crippen LogP contribution in [0.3, 0.4) is 0 Å². The van der Waals surface area contributed by atoms with E-state index in [1.807, 2.05) is 12.1 Å². The molecule has 0 spiro atoms. The number of hydrogen-bond donors (Lipinski definition) is 1. The molecular formula is C29H33F2N3O5S. The summed E-state index contributed by atoms with van der Waals surface area (Å²) in [5.74, 6) is -2.78. The fraction of sp³-hybridized carbons (Fsp3) is 0.483. The van der Waals surface area contributed by atoms with Gasteiger partial charge in [-0.3, -0.25) is 4.79 Å². The van der Waals surface area contributed by atoms with E-state index in [9.17, 15) is 23.5 Å². The predicted molar refractivity (Wildman–Crippen MR) is 144 cm³/mol. The van der Waals surface area contributed by atoms with Crippen LogP contribution >= 0.6 is 11.3 Å². The van der Waals surface area contributed by atoms with Crippen LogP contribution in [0.25, 0.3) is 10.2 Å². The molecule has 2 aliphatic rings. The van der Waals surface area contributed by atoms with Crippen LogP contribution in [0.15, 0.2) is 24.3 Å². The SMILES string of the molecule is COc1cc2sc(CNC(=O)C3(CC(=O)[O-])Cc4cc(F)c(F)cc4C3)nc2cc1OCCC[N+]1(C)CCCC1. The van der Waals surface area contributed by atoms with Gasteiger partial charge in [0.15, 0.2) is 23.1 Å². The van der Waals surface area contributed by atoms with Crippen molar-refractivity contribution >= 4 is 33.4 Å². The third-order valence-electron chi connectivity index (χ3n) is 8.13. The van der Waals surface area contributed by atoms with Crippen molar-refractivity contribution in [1.82, 2.24) is 10.3 Å². The number of rotatable bonds is 11.